The molecular weight excluding hydrogens is 212 g/mol. The minimum Gasteiger partial charge on any atom is -0.338 e. The maximum atomic E-state index is 11.6. The lowest BCUT2D eigenvalue weighted by Gasteiger charge is -2.17. The average Bonchev–Trinajstić information content (AvgIpc) is 2.26. The number of carbonyl (C=O) groups excluding carboxylic acids is 1. The first-order valence-corrected chi connectivity index (χ1v) is 5.71. The topological polar surface area (TPSA) is 52.9 Å². The quantitative estimate of drug-likeness (QED) is 0.863. The van der Waals surface area contributed by atoms with E-state index in [1.807, 2.05) is 31.2 Å². The van der Waals surface area contributed by atoms with Gasteiger partial charge < -0.3 is 5.32 Å². The van der Waals surface area contributed by atoms with E-state index in [0.29, 0.717) is 12.8 Å². The van der Waals surface area contributed by atoms with Crippen molar-refractivity contribution in [2.75, 3.05) is 0 Å². The molecule has 90 valence electrons. The van der Waals surface area contributed by atoms with Crippen LogP contribution >= 0.6 is 0 Å². The molecule has 1 rings (SSSR count). The first-order valence-electron chi connectivity index (χ1n) is 5.71. The molecule has 1 N–H and O–H groups in total. The van der Waals surface area contributed by atoms with Crippen LogP contribution in [-0.4, -0.2) is 11.4 Å². The van der Waals surface area contributed by atoms with E-state index < -0.39 is 5.54 Å². The van der Waals surface area contributed by atoms with Gasteiger partial charge in [-0.05, 0) is 32.8 Å². The highest BCUT2D eigenvalue weighted by Crippen LogP contribution is 2.07. The van der Waals surface area contributed by atoms with E-state index in [1.54, 1.807) is 13.8 Å². The molecule has 0 unspecified atom stereocenters. The van der Waals surface area contributed by atoms with Crippen LogP contribution in [0.3, 0.4) is 0 Å². The highest BCUT2D eigenvalue weighted by Gasteiger charge is 2.18. The van der Waals surface area contributed by atoms with Gasteiger partial charge in [0, 0.05) is 6.42 Å². The van der Waals surface area contributed by atoms with Crippen LogP contribution in [0.15, 0.2) is 24.3 Å². The Morgan fingerprint density at radius 3 is 2.76 bits per heavy atom. The summed E-state index contributed by atoms with van der Waals surface area (Å²) in [4.78, 5) is 11.6. The number of aryl methyl sites for hydroxylation is 2. The summed E-state index contributed by atoms with van der Waals surface area (Å²) in [6.45, 7) is 5.41. The molecule has 0 saturated carbocycles. The average molecular weight is 230 g/mol. The molecule has 0 aliphatic heterocycles. The minimum absolute atomic E-state index is 0.0851. The molecule has 0 fully saturated rings. The number of amides is 1. The summed E-state index contributed by atoms with van der Waals surface area (Å²) in [5, 5.41) is 11.5. The molecule has 0 bridgehead atoms. The van der Waals surface area contributed by atoms with Gasteiger partial charge in [-0.25, -0.2) is 0 Å². The fraction of sp³-hybridized carbons (Fsp3) is 0.429. The van der Waals surface area contributed by atoms with Gasteiger partial charge in [0.1, 0.15) is 5.54 Å². The zero-order valence-electron chi connectivity index (χ0n) is 10.6. The minimum atomic E-state index is -0.788. The Balaban J connectivity index is 2.47. The first kappa shape index (κ1) is 13.2. The summed E-state index contributed by atoms with van der Waals surface area (Å²) in [6.07, 6.45) is 1.11. The number of benzene rings is 1. The molecule has 0 radical (unpaired) electrons. The zero-order valence-corrected chi connectivity index (χ0v) is 10.6. The molecule has 0 heterocycles. The van der Waals surface area contributed by atoms with E-state index >= 15 is 0 Å². The molecule has 0 spiro atoms. The van der Waals surface area contributed by atoms with E-state index in [4.69, 9.17) is 5.26 Å². The number of nitrogens with zero attached hydrogens (tertiary/aromatic N) is 1. The van der Waals surface area contributed by atoms with Crippen molar-refractivity contribution < 1.29 is 4.79 Å². The molecule has 3 nitrogen and oxygen atoms in total. The predicted molar refractivity (Wildman–Crippen MR) is 67.3 cm³/mol. The fourth-order valence-corrected chi connectivity index (χ4v) is 1.56. The van der Waals surface area contributed by atoms with Crippen molar-refractivity contribution in [2.45, 2.75) is 39.2 Å². The van der Waals surface area contributed by atoms with E-state index in [9.17, 15) is 4.79 Å². The van der Waals surface area contributed by atoms with Crippen LogP contribution in [0.25, 0.3) is 0 Å². The number of nitrogens with one attached hydrogen (secondary N) is 1. The van der Waals surface area contributed by atoms with Gasteiger partial charge in [-0.1, -0.05) is 29.8 Å². The van der Waals surface area contributed by atoms with Gasteiger partial charge >= 0.3 is 0 Å². The van der Waals surface area contributed by atoms with Crippen LogP contribution in [-0.2, 0) is 11.2 Å². The van der Waals surface area contributed by atoms with Gasteiger partial charge in [0.15, 0.2) is 0 Å². The van der Waals surface area contributed by atoms with Crippen LogP contribution in [0.4, 0.5) is 0 Å². The molecule has 3 heteroatoms. The summed E-state index contributed by atoms with van der Waals surface area (Å²) >= 11 is 0. The molecule has 1 amide bonds. The standard InChI is InChI=1S/C14H18N2O/c1-11-5-4-6-12(9-11)7-8-13(17)16-14(2,3)10-15/h4-6,9H,7-8H2,1-3H3,(H,16,17). The Morgan fingerprint density at radius 2 is 2.18 bits per heavy atom. The molecule has 17 heavy (non-hydrogen) atoms. The molecular formula is C14H18N2O. The third-order valence-electron chi connectivity index (χ3n) is 2.45. The lowest BCUT2D eigenvalue weighted by Crippen LogP contribution is -2.42. The van der Waals surface area contributed by atoms with Gasteiger partial charge in [0.05, 0.1) is 6.07 Å². The van der Waals surface area contributed by atoms with Crippen LogP contribution < -0.4 is 5.32 Å². The second-order valence-electron chi connectivity index (χ2n) is 4.77. The van der Waals surface area contributed by atoms with Crippen molar-refractivity contribution in [1.29, 1.82) is 5.26 Å². The Hall–Kier alpha value is -1.82. The SMILES string of the molecule is Cc1cccc(CCC(=O)NC(C)(C)C#N)c1. The van der Waals surface area contributed by atoms with Crippen LogP contribution in [0.5, 0.6) is 0 Å². The molecule has 0 saturated heterocycles. The van der Waals surface area contributed by atoms with Crippen LogP contribution in [0, 0.1) is 18.3 Å². The zero-order chi connectivity index (χ0) is 12.9. The third-order valence-corrected chi connectivity index (χ3v) is 2.45. The molecule has 0 aliphatic carbocycles. The molecule has 1 aromatic carbocycles. The summed E-state index contributed by atoms with van der Waals surface area (Å²) in [5.74, 6) is -0.0851. The first-order chi connectivity index (χ1) is 7.93. The number of nitriles is 1. The molecule has 1 aromatic rings. The summed E-state index contributed by atoms with van der Waals surface area (Å²) < 4.78 is 0. The van der Waals surface area contributed by atoms with Gasteiger partial charge in [-0.2, -0.15) is 5.26 Å². The van der Waals surface area contributed by atoms with E-state index in [-0.39, 0.29) is 5.91 Å². The maximum absolute atomic E-state index is 11.6. The Bertz CT molecular complexity index is 444. The van der Waals surface area contributed by atoms with Crippen molar-refractivity contribution in [3.63, 3.8) is 0 Å². The van der Waals surface area contributed by atoms with E-state index in [1.165, 1.54) is 5.56 Å². The van der Waals surface area contributed by atoms with Gasteiger partial charge in [0.25, 0.3) is 0 Å². The fourth-order valence-electron chi connectivity index (χ4n) is 1.56. The van der Waals surface area contributed by atoms with Crippen molar-refractivity contribution in [1.82, 2.24) is 5.32 Å². The molecule has 0 aromatic heterocycles. The molecule has 0 atom stereocenters. The summed E-state index contributed by atoms with van der Waals surface area (Å²) in [5.41, 5.74) is 1.55. The Kier molecular flexibility index (Phi) is 4.28. The van der Waals surface area contributed by atoms with Crippen LogP contribution in [0.2, 0.25) is 0 Å². The normalized spacial score (nSPS) is 10.7. The number of hydrogen-bond donors (Lipinski definition) is 1. The van der Waals surface area contributed by atoms with Gasteiger partial charge in [-0.3, -0.25) is 4.79 Å². The van der Waals surface area contributed by atoms with Gasteiger partial charge in [-0.15, -0.1) is 0 Å². The van der Waals surface area contributed by atoms with Gasteiger partial charge in [0.2, 0.25) is 5.91 Å². The highest BCUT2D eigenvalue weighted by molar-refractivity contribution is 5.77. The Labute approximate surface area is 102 Å². The number of hydrogen-bond acceptors (Lipinski definition) is 2. The molecule has 0 aliphatic rings. The number of rotatable bonds is 4. The number of carbonyl (C=O) groups is 1. The monoisotopic (exact) mass is 230 g/mol. The van der Waals surface area contributed by atoms with E-state index in [0.717, 1.165) is 5.56 Å². The highest BCUT2D eigenvalue weighted by atomic mass is 16.1. The smallest absolute Gasteiger partial charge is 0.221 e. The summed E-state index contributed by atoms with van der Waals surface area (Å²) in [6, 6.07) is 10.1. The van der Waals surface area contributed by atoms with Crippen molar-refractivity contribution in [2.24, 2.45) is 0 Å². The third kappa shape index (κ3) is 4.69. The second kappa shape index (κ2) is 5.49. The largest absolute Gasteiger partial charge is 0.338 e. The van der Waals surface area contributed by atoms with Crippen molar-refractivity contribution >= 4 is 5.91 Å². The maximum Gasteiger partial charge on any atom is 0.221 e. The Morgan fingerprint density at radius 1 is 1.47 bits per heavy atom. The van der Waals surface area contributed by atoms with Crippen molar-refractivity contribution in [3.8, 4) is 6.07 Å². The predicted octanol–water partition coefficient (Wildman–Crippen LogP) is 2.35. The second-order valence-corrected chi connectivity index (χ2v) is 4.77. The van der Waals surface area contributed by atoms with E-state index in [2.05, 4.69) is 11.4 Å². The summed E-state index contributed by atoms with van der Waals surface area (Å²) in [7, 11) is 0. The lowest BCUT2D eigenvalue weighted by molar-refractivity contribution is -0.122. The lowest BCUT2D eigenvalue weighted by atomic mass is 10.1. The van der Waals surface area contributed by atoms with Crippen LogP contribution in [0.1, 0.15) is 31.4 Å². The van der Waals surface area contributed by atoms with Crippen molar-refractivity contribution in [3.05, 3.63) is 35.4 Å².